The molecule has 6 heteroatoms. The number of nitrogens with zero attached hydrogens (tertiary/aromatic N) is 1. The SMILES string of the molecule is NC(=O)N1CCC[C@@H]1COC(=O)c1cccc(-c2ccoc2)c1. The fourth-order valence-electron chi connectivity index (χ4n) is 2.81. The number of hydrogen-bond donors (Lipinski definition) is 1. The Morgan fingerprint density at radius 3 is 2.91 bits per heavy atom. The lowest BCUT2D eigenvalue weighted by molar-refractivity contribution is 0.0422. The number of primary amides is 1. The first-order valence-corrected chi connectivity index (χ1v) is 7.51. The first-order chi connectivity index (χ1) is 11.1. The maximum Gasteiger partial charge on any atom is 0.338 e. The van der Waals surface area contributed by atoms with Crippen molar-refractivity contribution in [1.29, 1.82) is 0 Å². The highest BCUT2D eigenvalue weighted by Crippen LogP contribution is 2.22. The van der Waals surface area contributed by atoms with Crippen molar-refractivity contribution in [3.05, 3.63) is 48.4 Å². The Bertz CT molecular complexity index is 696. The van der Waals surface area contributed by atoms with Crippen LogP contribution in [0.4, 0.5) is 4.79 Å². The smallest absolute Gasteiger partial charge is 0.338 e. The molecule has 1 atom stereocenters. The fraction of sp³-hybridized carbons (Fsp3) is 0.294. The van der Waals surface area contributed by atoms with Crippen LogP contribution in [0.2, 0.25) is 0 Å². The van der Waals surface area contributed by atoms with Gasteiger partial charge in [0, 0.05) is 12.1 Å². The first kappa shape index (κ1) is 15.1. The normalized spacial score (nSPS) is 17.2. The molecular weight excluding hydrogens is 296 g/mol. The molecule has 120 valence electrons. The van der Waals surface area contributed by atoms with E-state index in [4.69, 9.17) is 14.9 Å². The highest BCUT2D eigenvalue weighted by atomic mass is 16.5. The van der Waals surface area contributed by atoms with Crippen molar-refractivity contribution < 1.29 is 18.7 Å². The van der Waals surface area contributed by atoms with Crippen LogP contribution in [0.15, 0.2) is 47.3 Å². The topological polar surface area (TPSA) is 85.8 Å². The molecule has 0 unspecified atom stereocenters. The van der Waals surface area contributed by atoms with Crippen LogP contribution >= 0.6 is 0 Å². The quantitative estimate of drug-likeness (QED) is 0.879. The molecule has 1 aliphatic rings. The van der Waals surface area contributed by atoms with Gasteiger partial charge in [-0.1, -0.05) is 12.1 Å². The van der Waals surface area contributed by atoms with Crippen molar-refractivity contribution in [3.63, 3.8) is 0 Å². The molecule has 1 aromatic carbocycles. The van der Waals surface area contributed by atoms with E-state index in [9.17, 15) is 9.59 Å². The van der Waals surface area contributed by atoms with E-state index in [-0.39, 0.29) is 12.6 Å². The Morgan fingerprint density at radius 2 is 2.17 bits per heavy atom. The number of carbonyl (C=O) groups excluding carboxylic acids is 2. The fourth-order valence-corrected chi connectivity index (χ4v) is 2.81. The third kappa shape index (κ3) is 3.36. The summed E-state index contributed by atoms with van der Waals surface area (Å²) >= 11 is 0. The van der Waals surface area contributed by atoms with E-state index in [1.165, 1.54) is 0 Å². The van der Waals surface area contributed by atoms with Crippen molar-refractivity contribution in [2.24, 2.45) is 5.73 Å². The lowest BCUT2D eigenvalue weighted by Gasteiger charge is -2.22. The highest BCUT2D eigenvalue weighted by molar-refractivity contribution is 5.91. The molecule has 1 aliphatic heterocycles. The molecule has 1 aromatic heterocycles. The Hall–Kier alpha value is -2.76. The summed E-state index contributed by atoms with van der Waals surface area (Å²) in [5.74, 6) is -0.410. The minimum absolute atomic E-state index is 0.131. The summed E-state index contributed by atoms with van der Waals surface area (Å²) in [5.41, 5.74) is 7.56. The van der Waals surface area contributed by atoms with Crippen LogP contribution < -0.4 is 5.73 Å². The number of carbonyl (C=O) groups is 2. The maximum absolute atomic E-state index is 12.2. The number of nitrogens with two attached hydrogens (primary N) is 1. The highest BCUT2D eigenvalue weighted by Gasteiger charge is 2.28. The predicted octanol–water partition coefficient (Wildman–Crippen LogP) is 2.65. The molecule has 0 saturated carbocycles. The van der Waals surface area contributed by atoms with Crippen molar-refractivity contribution >= 4 is 12.0 Å². The number of hydrogen-bond acceptors (Lipinski definition) is 4. The van der Waals surface area contributed by atoms with Gasteiger partial charge in [0.15, 0.2) is 0 Å². The van der Waals surface area contributed by atoms with Crippen LogP contribution in [0.3, 0.4) is 0 Å². The lowest BCUT2D eigenvalue weighted by atomic mass is 10.1. The van der Waals surface area contributed by atoms with Crippen molar-refractivity contribution in [1.82, 2.24) is 4.90 Å². The minimum Gasteiger partial charge on any atom is -0.472 e. The van der Waals surface area contributed by atoms with Crippen molar-refractivity contribution in [2.45, 2.75) is 18.9 Å². The molecule has 0 radical (unpaired) electrons. The molecule has 1 saturated heterocycles. The average Bonchev–Trinajstić information content (AvgIpc) is 3.24. The van der Waals surface area contributed by atoms with Gasteiger partial charge >= 0.3 is 12.0 Å². The van der Waals surface area contributed by atoms with Crippen LogP contribution in [-0.2, 0) is 4.74 Å². The number of amides is 2. The number of furan rings is 1. The largest absolute Gasteiger partial charge is 0.472 e. The van der Waals surface area contributed by atoms with Gasteiger partial charge in [0.1, 0.15) is 6.61 Å². The number of esters is 1. The molecule has 3 rings (SSSR count). The van der Waals surface area contributed by atoms with Gasteiger partial charge < -0.3 is 19.8 Å². The average molecular weight is 314 g/mol. The number of likely N-dealkylation sites (tertiary alicyclic amines) is 1. The third-order valence-electron chi connectivity index (χ3n) is 4.02. The molecule has 2 aromatic rings. The molecule has 23 heavy (non-hydrogen) atoms. The first-order valence-electron chi connectivity index (χ1n) is 7.51. The van der Waals surface area contributed by atoms with Crippen molar-refractivity contribution in [3.8, 4) is 11.1 Å². The van der Waals surface area contributed by atoms with E-state index < -0.39 is 12.0 Å². The summed E-state index contributed by atoms with van der Waals surface area (Å²) in [4.78, 5) is 25.1. The molecule has 0 bridgehead atoms. The molecule has 6 nitrogen and oxygen atoms in total. The standard InChI is InChI=1S/C17H18N2O4/c18-17(21)19-7-2-5-15(19)11-23-16(20)13-4-1-3-12(9-13)14-6-8-22-10-14/h1,3-4,6,8-10,15H,2,5,7,11H2,(H2,18,21)/t15-/m1/s1. The van der Waals surface area contributed by atoms with Crippen LogP contribution in [0.25, 0.3) is 11.1 Å². The summed E-state index contributed by atoms with van der Waals surface area (Å²) < 4.78 is 10.4. The summed E-state index contributed by atoms with van der Waals surface area (Å²) in [6, 6.07) is 8.38. The molecule has 0 aliphatic carbocycles. The zero-order chi connectivity index (χ0) is 16.2. The zero-order valence-corrected chi connectivity index (χ0v) is 12.6. The zero-order valence-electron chi connectivity index (χ0n) is 12.6. The van der Waals surface area contributed by atoms with Gasteiger partial charge in [0.05, 0.1) is 24.1 Å². The van der Waals surface area contributed by atoms with Gasteiger partial charge in [0.2, 0.25) is 0 Å². The van der Waals surface area contributed by atoms with Gasteiger partial charge in [-0.3, -0.25) is 0 Å². The van der Waals surface area contributed by atoms with E-state index >= 15 is 0 Å². The third-order valence-corrected chi connectivity index (χ3v) is 4.02. The number of rotatable bonds is 4. The van der Waals surface area contributed by atoms with Crippen molar-refractivity contribution in [2.75, 3.05) is 13.2 Å². The summed E-state index contributed by atoms with van der Waals surface area (Å²) in [6.07, 6.45) is 4.87. The molecule has 2 N–H and O–H groups in total. The van der Waals surface area contributed by atoms with E-state index in [0.717, 1.165) is 24.0 Å². The van der Waals surface area contributed by atoms with Crippen LogP contribution in [0.1, 0.15) is 23.2 Å². The van der Waals surface area contributed by atoms with E-state index in [1.54, 1.807) is 35.6 Å². The van der Waals surface area contributed by atoms with Gasteiger partial charge in [-0.2, -0.15) is 0 Å². The summed E-state index contributed by atoms with van der Waals surface area (Å²) in [6.45, 7) is 0.783. The Labute approximate surface area is 133 Å². The second-order valence-corrected chi connectivity index (χ2v) is 5.52. The molecule has 2 heterocycles. The van der Waals surface area contributed by atoms with Crippen LogP contribution in [0, 0.1) is 0 Å². The van der Waals surface area contributed by atoms with E-state index in [1.807, 2.05) is 12.1 Å². The number of benzene rings is 1. The van der Waals surface area contributed by atoms with Gasteiger partial charge in [-0.25, -0.2) is 9.59 Å². The van der Waals surface area contributed by atoms with E-state index in [0.29, 0.717) is 12.1 Å². The van der Waals surface area contributed by atoms with E-state index in [2.05, 4.69) is 0 Å². The maximum atomic E-state index is 12.2. The lowest BCUT2D eigenvalue weighted by Crippen LogP contribution is -2.41. The number of ether oxygens (including phenoxy) is 1. The van der Waals surface area contributed by atoms with Crippen LogP contribution in [0.5, 0.6) is 0 Å². The van der Waals surface area contributed by atoms with Gasteiger partial charge in [-0.05, 0) is 36.6 Å². The second kappa shape index (κ2) is 6.56. The Kier molecular flexibility index (Phi) is 4.32. The number of urea groups is 1. The molecule has 1 fully saturated rings. The molecule has 2 amide bonds. The summed E-state index contributed by atoms with van der Waals surface area (Å²) in [7, 11) is 0. The second-order valence-electron chi connectivity index (χ2n) is 5.52. The minimum atomic E-state index is -0.467. The Balaban J connectivity index is 1.65. The molecule has 0 spiro atoms. The monoisotopic (exact) mass is 314 g/mol. The molecular formula is C17H18N2O4. The predicted molar refractivity (Wildman–Crippen MR) is 83.7 cm³/mol. The van der Waals surface area contributed by atoms with Crippen LogP contribution in [-0.4, -0.2) is 36.1 Å². The van der Waals surface area contributed by atoms with Gasteiger partial charge in [0.25, 0.3) is 0 Å². The summed E-state index contributed by atoms with van der Waals surface area (Å²) in [5, 5.41) is 0. The van der Waals surface area contributed by atoms with Gasteiger partial charge in [-0.15, -0.1) is 0 Å². The Morgan fingerprint density at radius 1 is 1.30 bits per heavy atom.